The first-order valence-corrected chi connectivity index (χ1v) is 18.3. The molecule has 0 N–H and O–H groups in total. The van der Waals surface area contributed by atoms with Crippen LogP contribution in [0.25, 0.3) is 10.1 Å². The highest BCUT2D eigenvalue weighted by Crippen LogP contribution is 2.38. The van der Waals surface area contributed by atoms with Crippen LogP contribution in [0.5, 0.6) is 17.2 Å². The van der Waals surface area contributed by atoms with Crippen LogP contribution in [-0.2, 0) is 4.74 Å². The Morgan fingerprint density at radius 3 is 1.69 bits per heavy atom. The van der Waals surface area contributed by atoms with Gasteiger partial charge >= 0.3 is 17.9 Å². The van der Waals surface area contributed by atoms with E-state index in [4.69, 9.17) is 30.5 Å². The third-order valence-electron chi connectivity index (χ3n) is 7.88. The van der Waals surface area contributed by atoms with Crippen LogP contribution in [0.15, 0.2) is 66.7 Å². The average molecular weight is 693 g/mol. The highest BCUT2D eigenvalue weighted by atomic mass is 35.5. The molecule has 0 unspecified atom stereocenters. The number of thiophene rings is 1. The van der Waals surface area contributed by atoms with E-state index in [1.165, 1.54) is 80.5 Å². The maximum Gasteiger partial charge on any atom is 0.355 e. The normalized spacial score (nSPS) is 11.0. The van der Waals surface area contributed by atoms with Gasteiger partial charge in [0.05, 0.1) is 29.4 Å². The largest absolute Gasteiger partial charge is 0.494 e. The molecule has 48 heavy (non-hydrogen) atoms. The molecule has 0 radical (unpaired) electrons. The molecular formula is C39H45ClO7S. The number of unbranched alkanes of at least 4 members (excludes halogenated alkanes) is 10. The van der Waals surface area contributed by atoms with Crippen molar-refractivity contribution in [3.63, 3.8) is 0 Å². The molecule has 256 valence electrons. The molecule has 0 bridgehead atoms. The zero-order valence-corrected chi connectivity index (χ0v) is 29.5. The monoisotopic (exact) mass is 692 g/mol. The molecule has 1 heterocycles. The Hall–Kier alpha value is -3.88. The van der Waals surface area contributed by atoms with Gasteiger partial charge in [0.2, 0.25) is 0 Å². The van der Waals surface area contributed by atoms with Crippen molar-refractivity contribution in [1.29, 1.82) is 0 Å². The summed E-state index contributed by atoms with van der Waals surface area (Å²) in [5, 5.41) is 1.06. The molecule has 9 heteroatoms. The number of hydrogen-bond acceptors (Lipinski definition) is 8. The number of benzene rings is 3. The van der Waals surface area contributed by atoms with Crippen molar-refractivity contribution in [2.75, 3.05) is 13.2 Å². The maximum atomic E-state index is 13.0. The van der Waals surface area contributed by atoms with E-state index >= 15 is 0 Å². The summed E-state index contributed by atoms with van der Waals surface area (Å²) in [6.45, 7) is 5.42. The number of ether oxygens (including phenoxy) is 4. The van der Waals surface area contributed by atoms with Crippen LogP contribution in [0.1, 0.15) is 121 Å². The van der Waals surface area contributed by atoms with Crippen molar-refractivity contribution in [3.05, 3.63) is 87.8 Å². The zero-order valence-electron chi connectivity index (χ0n) is 27.9. The van der Waals surface area contributed by atoms with Gasteiger partial charge < -0.3 is 18.9 Å². The fourth-order valence-corrected chi connectivity index (χ4v) is 6.46. The Bertz CT molecular complexity index is 1610. The minimum Gasteiger partial charge on any atom is -0.494 e. The zero-order chi connectivity index (χ0) is 34.1. The molecule has 0 amide bonds. The van der Waals surface area contributed by atoms with Gasteiger partial charge in [-0.3, -0.25) is 0 Å². The summed E-state index contributed by atoms with van der Waals surface area (Å²) in [7, 11) is 0. The third-order valence-corrected chi connectivity index (χ3v) is 9.54. The van der Waals surface area contributed by atoms with Crippen molar-refractivity contribution >= 4 is 50.9 Å². The maximum absolute atomic E-state index is 13.0. The van der Waals surface area contributed by atoms with E-state index in [1.54, 1.807) is 24.3 Å². The summed E-state index contributed by atoms with van der Waals surface area (Å²) in [6.07, 6.45) is 13.8. The van der Waals surface area contributed by atoms with E-state index in [9.17, 15) is 14.4 Å². The minimum absolute atomic E-state index is 0.261. The highest BCUT2D eigenvalue weighted by molar-refractivity contribution is 7.21. The van der Waals surface area contributed by atoms with Gasteiger partial charge in [-0.05, 0) is 79.6 Å². The highest BCUT2D eigenvalue weighted by Gasteiger charge is 2.20. The number of carbonyl (C=O) groups excluding carboxylic acids is 3. The van der Waals surface area contributed by atoms with Crippen LogP contribution in [0.2, 0.25) is 5.02 Å². The number of rotatable bonds is 20. The van der Waals surface area contributed by atoms with E-state index in [0.29, 0.717) is 29.5 Å². The van der Waals surface area contributed by atoms with Crippen LogP contribution in [0.3, 0.4) is 0 Å². The number of halogens is 1. The third kappa shape index (κ3) is 11.4. The Morgan fingerprint density at radius 2 is 1.08 bits per heavy atom. The number of fused-ring (bicyclic) bond motifs is 1. The quantitative estimate of drug-likeness (QED) is 0.0517. The van der Waals surface area contributed by atoms with E-state index in [1.807, 2.05) is 18.2 Å². The first kappa shape index (κ1) is 36.9. The molecule has 0 atom stereocenters. The molecule has 0 aliphatic heterocycles. The summed E-state index contributed by atoms with van der Waals surface area (Å²) in [5.74, 6) is -0.309. The predicted molar refractivity (Wildman–Crippen MR) is 192 cm³/mol. The van der Waals surface area contributed by atoms with Crippen molar-refractivity contribution in [3.8, 4) is 17.2 Å². The van der Waals surface area contributed by atoms with Crippen LogP contribution >= 0.6 is 22.9 Å². The Labute approximate surface area is 292 Å². The Morgan fingerprint density at radius 1 is 0.583 bits per heavy atom. The minimum atomic E-state index is -0.589. The molecule has 0 saturated carbocycles. The predicted octanol–water partition coefficient (Wildman–Crippen LogP) is 11.2. The first-order valence-electron chi connectivity index (χ1n) is 17.1. The SMILES string of the molecule is CCCCCCCCOC(=O)c1ccc(OC(=O)c2ccc(OC(=O)c3sc4ccc(OCCCCCCCC)cc4c3Cl)cc2)cc1. The second kappa shape index (κ2) is 19.8. The summed E-state index contributed by atoms with van der Waals surface area (Å²) in [5.41, 5.74) is 0.661. The number of esters is 3. The summed E-state index contributed by atoms with van der Waals surface area (Å²) >= 11 is 7.86. The van der Waals surface area contributed by atoms with Gasteiger partial charge in [-0.25, -0.2) is 14.4 Å². The van der Waals surface area contributed by atoms with Crippen molar-refractivity contribution < 1.29 is 33.3 Å². The lowest BCUT2D eigenvalue weighted by Gasteiger charge is -2.08. The Kier molecular flexibility index (Phi) is 15.3. The van der Waals surface area contributed by atoms with Gasteiger partial charge in [0.25, 0.3) is 0 Å². The van der Waals surface area contributed by atoms with Gasteiger partial charge in [-0.1, -0.05) is 89.7 Å². The molecule has 0 spiro atoms. The molecule has 0 aliphatic carbocycles. The van der Waals surface area contributed by atoms with Crippen LogP contribution in [0, 0.1) is 0 Å². The second-order valence-electron chi connectivity index (χ2n) is 11.8. The number of carbonyl (C=O) groups is 3. The second-order valence-corrected chi connectivity index (χ2v) is 13.2. The standard InChI is InChI=1S/C39H45ClO7S/c1-3-5-7-9-11-13-25-44-32-23-24-34-33(27-32)35(40)36(48-34)39(43)47-31-21-17-29(18-22-31)38(42)46-30-19-15-28(16-20-30)37(41)45-26-14-12-10-8-6-4-2/h15-24,27H,3-14,25-26H2,1-2H3. The fraction of sp³-hybridized carbons (Fsp3) is 0.410. The van der Waals surface area contributed by atoms with Gasteiger partial charge in [-0.2, -0.15) is 0 Å². The van der Waals surface area contributed by atoms with Gasteiger partial charge in [-0.15, -0.1) is 11.3 Å². The van der Waals surface area contributed by atoms with Gasteiger partial charge in [0, 0.05) is 10.1 Å². The van der Waals surface area contributed by atoms with Gasteiger partial charge in [0.1, 0.15) is 22.1 Å². The topological polar surface area (TPSA) is 88.1 Å². The lowest BCUT2D eigenvalue weighted by atomic mass is 10.1. The van der Waals surface area contributed by atoms with E-state index < -0.39 is 17.9 Å². The first-order chi connectivity index (χ1) is 23.4. The average Bonchev–Trinajstić information content (AvgIpc) is 3.43. The van der Waals surface area contributed by atoms with Crippen LogP contribution in [0.4, 0.5) is 0 Å². The van der Waals surface area contributed by atoms with E-state index in [2.05, 4.69) is 13.8 Å². The fourth-order valence-electron chi connectivity index (χ4n) is 5.11. The molecule has 0 saturated heterocycles. The smallest absolute Gasteiger partial charge is 0.355 e. The molecular weight excluding hydrogens is 648 g/mol. The molecule has 0 aliphatic rings. The lowest BCUT2D eigenvalue weighted by Crippen LogP contribution is -2.10. The Balaban J connectivity index is 1.24. The van der Waals surface area contributed by atoms with E-state index in [0.717, 1.165) is 47.9 Å². The summed E-state index contributed by atoms with van der Waals surface area (Å²) in [4.78, 5) is 38.3. The molecule has 0 fully saturated rings. The molecule has 4 aromatic rings. The van der Waals surface area contributed by atoms with E-state index in [-0.39, 0.29) is 16.2 Å². The van der Waals surface area contributed by atoms with Crippen LogP contribution < -0.4 is 14.2 Å². The lowest BCUT2D eigenvalue weighted by molar-refractivity contribution is 0.0497. The van der Waals surface area contributed by atoms with Gasteiger partial charge in [0.15, 0.2) is 0 Å². The molecule has 3 aromatic carbocycles. The molecule has 1 aromatic heterocycles. The van der Waals surface area contributed by atoms with Crippen LogP contribution in [-0.4, -0.2) is 31.1 Å². The van der Waals surface area contributed by atoms with Crippen molar-refractivity contribution in [2.24, 2.45) is 0 Å². The number of hydrogen-bond donors (Lipinski definition) is 0. The van der Waals surface area contributed by atoms with Crippen molar-refractivity contribution in [1.82, 2.24) is 0 Å². The summed E-state index contributed by atoms with van der Waals surface area (Å²) < 4.78 is 23.2. The van der Waals surface area contributed by atoms with Crippen molar-refractivity contribution in [2.45, 2.75) is 90.9 Å². The molecule has 7 nitrogen and oxygen atoms in total. The summed E-state index contributed by atoms with van der Waals surface area (Å²) in [6, 6.07) is 18.0. The molecule has 4 rings (SSSR count).